The van der Waals surface area contributed by atoms with Crippen LogP contribution in [0.4, 0.5) is 5.69 Å². The van der Waals surface area contributed by atoms with Crippen LogP contribution in [0.1, 0.15) is 47.1 Å². The first-order chi connectivity index (χ1) is 22.8. The molecule has 2 nitrogen and oxygen atoms in total. The van der Waals surface area contributed by atoms with E-state index in [4.69, 9.17) is 0 Å². The van der Waals surface area contributed by atoms with Gasteiger partial charge >= 0.3 is 0 Å². The molecule has 6 aromatic rings. The molecule has 46 heavy (non-hydrogen) atoms. The second-order valence-electron chi connectivity index (χ2n) is 12.9. The standard InChI is InChI=1S/C44H32N2/c1-2-11-33(12-3-1)45-41-16-8-6-14-36(41)39-26-31(21-24-43(39)45)32-22-25-44-40(27-32)37-15-7-9-17-42(37)46(44)34-23-20-30-19-18-29-10-4-5-13-35(29)38(30)28-34/h1-11,13-22,24-26,33,40H,12,27-28H2. The molecule has 0 saturated heterocycles. The van der Waals surface area contributed by atoms with Crippen LogP contribution in [-0.2, 0) is 6.42 Å². The summed E-state index contributed by atoms with van der Waals surface area (Å²) in [6.07, 6.45) is 18.8. The number of allylic oxidation sites excluding steroid dienone is 9. The lowest BCUT2D eigenvalue weighted by atomic mass is 9.84. The first-order valence-electron chi connectivity index (χ1n) is 16.4. The molecule has 3 aliphatic carbocycles. The zero-order valence-corrected chi connectivity index (χ0v) is 25.5. The molecule has 0 saturated carbocycles. The van der Waals surface area contributed by atoms with E-state index in [0.717, 1.165) is 19.3 Å². The summed E-state index contributed by atoms with van der Waals surface area (Å²) in [5, 5.41) is 5.30. The smallest absolute Gasteiger partial charge is 0.0697 e. The van der Waals surface area contributed by atoms with Gasteiger partial charge in [-0.2, -0.15) is 0 Å². The van der Waals surface area contributed by atoms with Crippen LogP contribution in [0.5, 0.6) is 0 Å². The Morgan fingerprint density at radius 2 is 1.57 bits per heavy atom. The van der Waals surface area contributed by atoms with Gasteiger partial charge in [-0.15, -0.1) is 0 Å². The average Bonchev–Trinajstić information content (AvgIpc) is 3.64. The van der Waals surface area contributed by atoms with Gasteiger partial charge in [-0.3, -0.25) is 0 Å². The van der Waals surface area contributed by atoms with Crippen LogP contribution in [0, 0.1) is 0 Å². The summed E-state index contributed by atoms with van der Waals surface area (Å²) < 4.78 is 2.53. The van der Waals surface area contributed by atoms with Gasteiger partial charge in [-0.05, 0) is 87.9 Å². The highest BCUT2D eigenvalue weighted by molar-refractivity contribution is 6.09. The molecule has 1 aliphatic heterocycles. The largest absolute Gasteiger partial charge is 0.333 e. The molecule has 2 heterocycles. The van der Waals surface area contributed by atoms with E-state index in [-0.39, 0.29) is 0 Å². The van der Waals surface area contributed by atoms with Crippen molar-refractivity contribution in [1.29, 1.82) is 0 Å². The van der Waals surface area contributed by atoms with Crippen LogP contribution in [0.2, 0.25) is 0 Å². The molecule has 0 bridgehead atoms. The summed E-state index contributed by atoms with van der Waals surface area (Å²) in [5.74, 6) is 0.315. The molecule has 2 heteroatoms. The van der Waals surface area contributed by atoms with Crippen LogP contribution in [0.25, 0.3) is 44.2 Å². The van der Waals surface area contributed by atoms with Gasteiger partial charge in [0.15, 0.2) is 0 Å². The lowest BCUT2D eigenvalue weighted by molar-refractivity contribution is 0.648. The van der Waals surface area contributed by atoms with Gasteiger partial charge in [0.2, 0.25) is 0 Å². The Balaban J connectivity index is 1.07. The molecular weight excluding hydrogens is 556 g/mol. The molecule has 1 aromatic heterocycles. The van der Waals surface area contributed by atoms with Crippen LogP contribution < -0.4 is 4.90 Å². The summed E-state index contributed by atoms with van der Waals surface area (Å²) in [7, 11) is 0. The van der Waals surface area contributed by atoms with Crippen molar-refractivity contribution in [2.45, 2.75) is 31.2 Å². The van der Waals surface area contributed by atoms with Crippen molar-refractivity contribution in [3.05, 3.63) is 179 Å². The molecule has 2 atom stereocenters. The maximum Gasteiger partial charge on any atom is 0.0697 e. The Labute approximate surface area is 268 Å². The highest BCUT2D eigenvalue weighted by Gasteiger charge is 2.37. The maximum atomic E-state index is 3.71. The van der Waals surface area contributed by atoms with Gasteiger partial charge < -0.3 is 9.47 Å². The molecule has 0 radical (unpaired) electrons. The van der Waals surface area contributed by atoms with E-state index in [1.54, 1.807) is 0 Å². The van der Waals surface area contributed by atoms with Gasteiger partial charge in [0.1, 0.15) is 0 Å². The Kier molecular flexibility index (Phi) is 5.58. The van der Waals surface area contributed by atoms with E-state index >= 15 is 0 Å². The molecular formula is C44H32N2. The average molecular weight is 589 g/mol. The number of nitrogens with zero attached hydrogens (tertiary/aromatic N) is 2. The number of anilines is 1. The summed E-state index contributed by atoms with van der Waals surface area (Å²) in [6.45, 7) is 0. The second kappa shape index (κ2) is 9.97. The lowest BCUT2D eigenvalue weighted by Gasteiger charge is -2.29. The molecule has 0 spiro atoms. The molecule has 0 fully saturated rings. The van der Waals surface area contributed by atoms with E-state index in [1.165, 1.54) is 77.5 Å². The lowest BCUT2D eigenvalue weighted by Crippen LogP contribution is -2.22. The molecule has 0 amide bonds. The summed E-state index contributed by atoms with van der Waals surface area (Å²) in [4.78, 5) is 2.50. The minimum atomic E-state index is 0.315. The fourth-order valence-corrected chi connectivity index (χ4v) is 8.36. The van der Waals surface area contributed by atoms with Gasteiger partial charge in [-0.1, -0.05) is 115 Å². The van der Waals surface area contributed by atoms with Crippen molar-refractivity contribution in [1.82, 2.24) is 4.57 Å². The summed E-state index contributed by atoms with van der Waals surface area (Å²) >= 11 is 0. The SMILES string of the molecule is C1=Cc2ccc3ccccc3c2CC=1N1C2=CC=C(c3ccc4c(c3)c3ccccc3n4C3C=CC=CC3)CC2c2ccccc21. The van der Waals surface area contributed by atoms with Crippen molar-refractivity contribution in [2.75, 3.05) is 4.90 Å². The third-order valence-electron chi connectivity index (χ3n) is 10.5. The predicted octanol–water partition coefficient (Wildman–Crippen LogP) is 11.0. The number of hydrogen-bond acceptors (Lipinski definition) is 1. The van der Waals surface area contributed by atoms with E-state index in [1.807, 2.05) is 0 Å². The maximum absolute atomic E-state index is 3.71. The molecule has 10 rings (SSSR count). The van der Waals surface area contributed by atoms with Gasteiger partial charge in [0.05, 0.1) is 17.4 Å². The van der Waals surface area contributed by atoms with E-state index < -0.39 is 0 Å². The Morgan fingerprint density at radius 3 is 2.50 bits per heavy atom. The highest BCUT2D eigenvalue weighted by atomic mass is 15.2. The van der Waals surface area contributed by atoms with Crippen molar-refractivity contribution in [3.63, 3.8) is 0 Å². The Morgan fingerprint density at radius 1 is 0.717 bits per heavy atom. The predicted molar refractivity (Wildman–Crippen MR) is 193 cm³/mol. The third kappa shape index (κ3) is 3.78. The Bertz CT molecular complexity index is 2450. The zero-order valence-electron chi connectivity index (χ0n) is 25.5. The molecule has 2 unspecified atom stereocenters. The van der Waals surface area contributed by atoms with Crippen molar-refractivity contribution in [3.8, 4) is 0 Å². The number of hydrogen-bond donors (Lipinski definition) is 0. The molecule has 0 N–H and O–H groups in total. The number of aromatic nitrogens is 1. The minimum Gasteiger partial charge on any atom is -0.333 e. The zero-order chi connectivity index (χ0) is 30.2. The van der Waals surface area contributed by atoms with Crippen molar-refractivity contribution >= 4 is 49.9 Å². The van der Waals surface area contributed by atoms with E-state index in [2.05, 4.69) is 161 Å². The van der Waals surface area contributed by atoms with Crippen LogP contribution in [0.3, 0.4) is 0 Å². The first-order valence-corrected chi connectivity index (χ1v) is 16.4. The number of benzene rings is 5. The summed E-state index contributed by atoms with van der Waals surface area (Å²) in [5.41, 5.74) is 17.0. The number of rotatable bonds is 3. The fraction of sp³-hybridized carbons (Fsp3) is 0.114. The molecule has 4 aliphatic rings. The quantitative estimate of drug-likeness (QED) is 0.187. The topological polar surface area (TPSA) is 8.17 Å². The van der Waals surface area contributed by atoms with E-state index in [0.29, 0.717) is 12.0 Å². The van der Waals surface area contributed by atoms with Gasteiger partial charge in [0, 0.05) is 39.8 Å². The van der Waals surface area contributed by atoms with Gasteiger partial charge in [-0.25, -0.2) is 0 Å². The normalized spacial score (nSPS) is 19.7. The van der Waals surface area contributed by atoms with Crippen molar-refractivity contribution in [2.24, 2.45) is 0 Å². The molecule has 218 valence electrons. The van der Waals surface area contributed by atoms with Crippen LogP contribution in [0.15, 0.2) is 157 Å². The van der Waals surface area contributed by atoms with Crippen LogP contribution in [-0.4, -0.2) is 4.57 Å². The fourth-order valence-electron chi connectivity index (χ4n) is 8.36. The second-order valence-corrected chi connectivity index (χ2v) is 12.9. The highest BCUT2D eigenvalue weighted by Crippen LogP contribution is 2.52. The van der Waals surface area contributed by atoms with Gasteiger partial charge in [0.25, 0.3) is 0 Å². The first kappa shape index (κ1) is 25.7. The number of fused-ring (bicyclic) bond motifs is 9. The van der Waals surface area contributed by atoms with E-state index in [9.17, 15) is 0 Å². The monoisotopic (exact) mass is 588 g/mol. The van der Waals surface area contributed by atoms with Crippen molar-refractivity contribution < 1.29 is 0 Å². The molecule has 5 aromatic carbocycles. The Hall–Kier alpha value is -5.56. The third-order valence-corrected chi connectivity index (χ3v) is 10.5. The summed E-state index contributed by atoms with van der Waals surface area (Å²) in [6, 6.07) is 38.6. The minimum absolute atomic E-state index is 0.315. The van der Waals surface area contributed by atoms with Crippen LogP contribution >= 0.6 is 0 Å². The number of para-hydroxylation sites is 2.